The van der Waals surface area contributed by atoms with Gasteiger partial charge in [0.2, 0.25) is 5.91 Å². The summed E-state index contributed by atoms with van der Waals surface area (Å²) in [6.07, 6.45) is 0. The zero-order valence-corrected chi connectivity index (χ0v) is 16.0. The fourth-order valence-electron chi connectivity index (χ4n) is 3.11. The van der Waals surface area contributed by atoms with Gasteiger partial charge in [-0.3, -0.25) is 18.7 Å². The molecule has 3 aromatic rings. The van der Waals surface area contributed by atoms with Crippen molar-refractivity contribution in [1.82, 2.24) is 14.5 Å². The van der Waals surface area contributed by atoms with Gasteiger partial charge < -0.3 is 10.1 Å². The first kappa shape index (κ1) is 19.4. The van der Waals surface area contributed by atoms with E-state index in [2.05, 4.69) is 5.32 Å². The van der Waals surface area contributed by atoms with E-state index in [4.69, 9.17) is 4.74 Å². The number of fused-ring (bicyclic) bond motifs is 1. The minimum absolute atomic E-state index is 0.162. The summed E-state index contributed by atoms with van der Waals surface area (Å²) in [6, 6.07) is 14.3. The third-order valence-corrected chi connectivity index (χ3v) is 4.45. The monoisotopic (exact) mass is 381 g/mol. The summed E-state index contributed by atoms with van der Waals surface area (Å²) in [5.41, 5.74) is 0.526. The Hall–Kier alpha value is -3.35. The lowest BCUT2D eigenvalue weighted by molar-refractivity contribution is -0.121. The molecule has 0 aliphatic heterocycles. The molecule has 7 nitrogen and oxygen atoms in total. The number of nitrogens with one attached hydrogen (secondary N) is 1. The van der Waals surface area contributed by atoms with Gasteiger partial charge in [-0.1, -0.05) is 24.3 Å². The van der Waals surface area contributed by atoms with Crippen molar-refractivity contribution in [3.63, 3.8) is 0 Å². The summed E-state index contributed by atoms with van der Waals surface area (Å²) in [5, 5.41) is 3.24. The lowest BCUT2D eigenvalue weighted by Crippen LogP contribution is -2.42. The zero-order chi connectivity index (χ0) is 20.1. The van der Waals surface area contributed by atoms with E-state index in [0.29, 0.717) is 24.1 Å². The van der Waals surface area contributed by atoms with E-state index >= 15 is 0 Å². The quantitative estimate of drug-likeness (QED) is 0.678. The van der Waals surface area contributed by atoms with E-state index in [1.807, 2.05) is 31.2 Å². The third kappa shape index (κ3) is 3.98. The molecule has 7 heteroatoms. The van der Waals surface area contributed by atoms with E-state index < -0.39 is 5.69 Å². The predicted molar refractivity (Wildman–Crippen MR) is 108 cm³/mol. The first-order valence-electron chi connectivity index (χ1n) is 9.26. The number of amides is 1. The number of rotatable bonds is 7. The van der Waals surface area contributed by atoms with Crippen LogP contribution in [-0.4, -0.2) is 21.6 Å². The van der Waals surface area contributed by atoms with Crippen molar-refractivity contribution in [2.75, 3.05) is 6.61 Å². The van der Waals surface area contributed by atoms with E-state index in [-0.39, 0.29) is 24.6 Å². The molecule has 3 rings (SSSR count). The topological polar surface area (TPSA) is 82.3 Å². The van der Waals surface area contributed by atoms with Crippen molar-refractivity contribution in [2.45, 2.75) is 33.5 Å². The summed E-state index contributed by atoms with van der Waals surface area (Å²) in [5.74, 6) is 0.432. The number of aromatic nitrogens is 2. The van der Waals surface area contributed by atoms with Gasteiger partial charge in [0.05, 0.1) is 17.5 Å². The number of para-hydroxylation sites is 1. The molecule has 0 atom stereocenters. The summed E-state index contributed by atoms with van der Waals surface area (Å²) in [6.45, 7) is 4.61. The molecule has 0 aliphatic rings. The van der Waals surface area contributed by atoms with Gasteiger partial charge in [-0.05, 0) is 43.7 Å². The van der Waals surface area contributed by atoms with Crippen LogP contribution in [0, 0.1) is 0 Å². The Morgan fingerprint density at radius 1 is 1.04 bits per heavy atom. The average Bonchev–Trinajstić information content (AvgIpc) is 2.70. The van der Waals surface area contributed by atoms with Crippen molar-refractivity contribution >= 4 is 16.8 Å². The lowest BCUT2D eigenvalue weighted by Gasteiger charge is -2.13. The van der Waals surface area contributed by atoms with Crippen LogP contribution in [0.3, 0.4) is 0 Å². The predicted octanol–water partition coefficient (Wildman–Crippen LogP) is 1.90. The molecule has 0 bridgehead atoms. The number of benzene rings is 2. The third-order valence-electron chi connectivity index (χ3n) is 4.45. The van der Waals surface area contributed by atoms with Crippen LogP contribution in [0.5, 0.6) is 5.75 Å². The Balaban J connectivity index is 1.83. The van der Waals surface area contributed by atoms with E-state index in [9.17, 15) is 14.4 Å². The van der Waals surface area contributed by atoms with Crippen molar-refractivity contribution in [1.29, 1.82) is 0 Å². The first-order chi connectivity index (χ1) is 13.5. The Kier molecular flexibility index (Phi) is 5.93. The minimum atomic E-state index is -0.486. The SMILES string of the molecule is CCOc1cccc(CNC(=O)Cn2c(=O)n(CC)c(=O)c3ccccc32)c1. The fourth-order valence-corrected chi connectivity index (χ4v) is 3.11. The molecule has 1 aromatic heterocycles. The number of carbonyl (C=O) groups is 1. The van der Waals surface area contributed by atoms with Crippen LogP contribution in [0.25, 0.3) is 10.9 Å². The summed E-state index contributed by atoms with van der Waals surface area (Å²) < 4.78 is 7.94. The van der Waals surface area contributed by atoms with Crippen LogP contribution >= 0.6 is 0 Å². The highest BCUT2D eigenvalue weighted by atomic mass is 16.5. The second-order valence-corrected chi connectivity index (χ2v) is 6.29. The summed E-state index contributed by atoms with van der Waals surface area (Å²) in [4.78, 5) is 37.6. The molecule has 0 fully saturated rings. The normalized spacial score (nSPS) is 10.8. The molecule has 0 spiro atoms. The number of nitrogens with zero attached hydrogens (tertiary/aromatic N) is 2. The van der Waals surface area contributed by atoms with Gasteiger partial charge in [-0.15, -0.1) is 0 Å². The lowest BCUT2D eigenvalue weighted by atomic mass is 10.2. The highest BCUT2D eigenvalue weighted by molar-refractivity contribution is 5.81. The van der Waals surface area contributed by atoms with Crippen molar-refractivity contribution in [2.24, 2.45) is 0 Å². The molecule has 0 unspecified atom stereocenters. The number of hydrogen-bond acceptors (Lipinski definition) is 4. The molecular formula is C21H23N3O4. The number of hydrogen-bond donors (Lipinski definition) is 1. The van der Waals surface area contributed by atoms with Crippen molar-refractivity contribution in [3.8, 4) is 5.75 Å². The summed E-state index contributed by atoms with van der Waals surface area (Å²) >= 11 is 0. The largest absolute Gasteiger partial charge is 0.494 e. The molecule has 146 valence electrons. The maximum Gasteiger partial charge on any atom is 0.331 e. The second-order valence-electron chi connectivity index (χ2n) is 6.29. The van der Waals surface area contributed by atoms with E-state index in [1.54, 1.807) is 31.2 Å². The van der Waals surface area contributed by atoms with Crippen molar-refractivity contribution in [3.05, 3.63) is 74.9 Å². The molecule has 1 amide bonds. The van der Waals surface area contributed by atoms with Gasteiger partial charge >= 0.3 is 5.69 Å². The highest BCUT2D eigenvalue weighted by Crippen LogP contribution is 2.13. The molecular weight excluding hydrogens is 358 g/mol. The molecule has 28 heavy (non-hydrogen) atoms. The molecule has 0 radical (unpaired) electrons. The maximum atomic E-state index is 12.7. The van der Waals surface area contributed by atoms with Gasteiger partial charge in [-0.2, -0.15) is 0 Å². The Morgan fingerprint density at radius 2 is 1.82 bits per heavy atom. The van der Waals surface area contributed by atoms with E-state index in [0.717, 1.165) is 15.9 Å². The van der Waals surface area contributed by atoms with Gasteiger partial charge in [0.25, 0.3) is 5.56 Å². The highest BCUT2D eigenvalue weighted by Gasteiger charge is 2.14. The van der Waals surface area contributed by atoms with Crippen LogP contribution in [0.1, 0.15) is 19.4 Å². The number of carbonyl (C=O) groups excluding carboxylic acids is 1. The molecule has 1 N–H and O–H groups in total. The van der Waals surface area contributed by atoms with Gasteiger partial charge in [0, 0.05) is 13.1 Å². The Labute approximate surface area is 162 Å². The average molecular weight is 381 g/mol. The molecule has 0 saturated heterocycles. The Morgan fingerprint density at radius 3 is 2.57 bits per heavy atom. The van der Waals surface area contributed by atoms with Crippen LogP contribution < -0.4 is 21.3 Å². The van der Waals surface area contributed by atoms with Gasteiger partial charge in [-0.25, -0.2) is 4.79 Å². The van der Waals surface area contributed by atoms with E-state index in [1.165, 1.54) is 4.57 Å². The van der Waals surface area contributed by atoms with Crippen LogP contribution in [-0.2, 0) is 24.4 Å². The molecule has 1 heterocycles. The smallest absolute Gasteiger partial charge is 0.331 e. The van der Waals surface area contributed by atoms with Crippen LogP contribution in [0.4, 0.5) is 0 Å². The van der Waals surface area contributed by atoms with Gasteiger partial charge in [0.1, 0.15) is 12.3 Å². The van der Waals surface area contributed by atoms with Crippen LogP contribution in [0.2, 0.25) is 0 Å². The second kappa shape index (κ2) is 8.56. The van der Waals surface area contributed by atoms with Gasteiger partial charge in [0.15, 0.2) is 0 Å². The molecule has 2 aromatic carbocycles. The maximum absolute atomic E-state index is 12.7. The minimum Gasteiger partial charge on any atom is -0.494 e. The zero-order valence-electron chi connectivity index (χ0n) is 16.0. The van der Waals surface area contributed by atoms with Crippen molar-refractivity contribution < 1.29 is 9.53 Å². The fraction of sp³-hybridized carbons (Fsp3) is 0.286. The number of ether oxygens (including phenoxy) is 1. The summed E-state index contributed by atoms with van der Waals surface area (Å²) in [7, 11) is 0. The molecule has 0 saturated carbocycles. The Bertz CT molecular complexity index is 1110. The standard InChI is InChI=1S/C21H23N3O4/c1-3-23-20(26)17-10-5-6-11-18(17)24(21(23)27)14-19(25)22-13-15-8-7-9-16(12-15)28-4-2/h5-12H,3-4,13-14H2,1-2H3,(H,22,25). The van der Waals surface area contributed by atoms with Crippen LogP contribution in [0.15, 0.2) is 58.1 Å². The molecule has 0 aliphatic carbocycles. The first-order valence-corrected chi connectivity index (χ1v) is 9.26.